The molecule has 0 saturated heterocycles. The fourth-order valence-corrected chi connectivity index (χ4v) is 6.70. The summed E-state index contributed by atoms with van der Waals surface area (Å²) in [5.41, 5.74) is 3.16. The molecular weight excluding hydrogens is 603 g/mol. The van der Waals surface area contributed by atoms with Crippen molar-refractivity contribution >= 4 is 57.4 Å². The molecule has 216 valence electrons. The van der Waals surface area contributed by atoms with Crippen molar-refractivity contribution in [2.75, 3.05) is 6.61 Å². The van der Waals surface area contributed by atoms with E-state index in [1.807, 2.05) is 78.9 Å². The van der Waals surface area contributed by atoms with Crippen LogP contribution < -0.4 is 19.6 Å². The van der Waals surface area contributed by atoms with Gasteiger partial charge in [-0.3, -0.25) is 9.36 Å². The maximum atomic E-state index is 14.0. The number of fused-ring (bicyclic) bond motifs is 2. The minimum Gasteiger partial charge on any atom is -0.489 e. The maximum Gasteiger partial charge on any atom is 0.338 e. The van der Waals surface area contributed by atoms with Gasteiger partial charge < -0.3 is 9.47 Å². The van der Waals surface area contributed by atoms with Gasteiger partial charge in [0.15, 0.2) is 4.80 Å². The van der Waals surface area contributed by atoms with Crippen LogP contribution in [0.3, 0.4) is 0 Å². The van der Waals surface area contributed by atoms with Crippen molar-refractivity contribution in [1.29, 1.82) is 0 Å². The number of benzene rings is 4. The standard InChI is InChI=1S/C34H26Cl2N2O4S/c1-3-41-33(40)30-20(2)37-34-38(31(30)27-10-6-8-22-7-4-5-9-26(22)27)32(39)29(43-34)17-21-11-15-25(16-12-21)42-19-23-13-14-24(35)18-28(23)36/h4-18,31H,3,19H2,1-2H3/b29-17-/t31-/m0/s1. The summed E-state index contributed by atoms with van der Waals surface area (Å²) in [5, 5.41) is 3.08. The Bertz CT molecular complexity index is 2080. The lowest BCUT2D eigenvalue weighted by atomic mass is 9.91. The van der Waals surface area contributed by atoms with Gasteiger partial charge in [-0.2, -0.15) is 0 Å². The molecule has 43 heavy (non-hydrogen) atoms. The molecule has 5 aromatic rings. The summed E-state index contributed by atoms with van der Waals surface area (Å²) in [6.07, 6.45) is 1.83. The van der Waals surface area contributed by atoms with Crippen molar-refractivity contribution < 1.29 is 14.3 Å². The van der Waals surface area contributed by atoms with Gasteiger partial charge in [-0.25, -0.2) is 9.79 Å². The van der Waals surface area contributed by atoms with E-state index in [2.05, 4.69) is 0 Å². The number of aromatic nitrogens is 1. The van der Waals surface area contributed by atoms with Crippen LogP contribution in [0.15, 0.2) is 106 Å². The number of hydrogen-bond acceptors (Lipinski definition) is 6. The summed E-state index contributed by atoms with van der Waals surface area (Å²) in [7, 11) is 0. The number of thiazole rings is 1. The summed E-state index contributed by atoms with van der Waals surface area (Å²) in [6.45, 7) is 4.06. The van der Waals surface area contributed by atoms with Crippen LogP contribution >= 0.6 is 34.5 Å². The Kier molecular flexibility index (Phi) is 8.21. The SMILES string of the molecule is CCOC(=O)C1=C(C)N=c2s/c(=C\c3ccc(OCc4ccc(Cl)cc4Cl)cc3)c(=O)n2[C@H]1c1cccc2ccccc12. The highest BCUT2D eigenvalue weighted by molar-refractivity contribution is 7.07. The van der Waals surface area contributed by atoms with Gasteiger partial charge >= 0.3 is 5.97 Å². The highest BCUT2D eigenvalue weighted by Crippen LogP contribution is 2.35. The second kappa shape index (κ2) is 12.2. The molecule has 1 aliphatic rings. The van der Waals surface area contributed by atoms with Gasteiger partial charge in [-0.1, -0.05) is 95.2 Å². The third-order valence-corrected chi connectivity index (χ3v) is 8.79. The van der Waals surface area contributed by atoms with Crippen LogP contribution in [0.1, 0.15) is 36.6 Å². The van der Waals surface area contributed by atoms with Crippen molar-refractivity contribution in [1.82, 2.24) is 4.57 Å². The van der Waals surface area contributed by atoms with Crippen LogP contribution in [0.5, 0.6) is 5.75 Å². The predicted molar refractivity (Wildman–Crippen MR) is 172 cm³/mol. The molecule has 1 aromatic heterocycles. The molecule has 4 aromatic carbocycles. The van der Waals surface area contributed by atoms with Gasteiger partial charge in [-0.15, -0.1) is 0 Å². The van der Waals surface area contributed by atoms with E-state index < -0.39 is 12.0 Å². The smallest absolute Gasteiger partial charge is 0.338 e. The molecule has 1 aliphatic heterocycles. The highest BCUT2D eigenvalue weighted by Gasteiger charge is 2.34. The van der Waals surface area contributed by atoms with Crippen LogP contribution in [-0.2, 0) is 16.1 Å². The largest absolute Gasteiger partial charge is 0.489 e. The van der Waals surface area contributed by atoms with E-state index in [1.165, 1.54) is 11.3 Å². The number of carbonyl (C=O) groups is 1. The second-order valence-electron chi connectivity index (χ2n) is 9.96. The molecule has 0 saturated carbocycles. The third-order valence-electron chi connectivity index (χ3n) is 7.22. The Labute approximate surface area is 261 Å². The fourth-order valence-electron chi connectivity index (χ4n) is 5.19. The maximum absolute atomic E-state index is 14.0. The minimum atomic E-state index is -0.681. The van der Waals surface area contributed by atoms with E-state index >= 15 is 0 Å². The minimum absolute atomic E-state index is 0.217. The van der Waals surface area contributed by atoms with E-state index in [4.69, 9.17) is 37.7 Å². The van der Waals surface area contributed by atoms with Crippen molar-refractivity contribution in [2.45, 2.75) is 26.5 Å². The first-order valence-corrected chi connectivity index (χ1v) is 15.3. The van der Waals surface area contributed by atoms with Crippen molar-refractivity contribution in [3.8, 4) is 5.75 Å². The molecular formula is C34H26Cl2N2O4S. The number of esters is 1. The molecule has 0 spiro atoms. The molecule has 1 atom stereocenters. The Balaban J connectivity index is 1.38. The molecule has 0 bridgehead atoms. The molecule has 2 heterocycles. The number of nitrogens with zero attached hydrogens (tertiary/aromatic N) is 2. The lowest BCUT2D eigenvalue weighted by Crippen LogP contribution is -2.40. The van der Waals surface area contributed by atoms with Crippen molar-refractivity contribution in [2.24, 2.45) is 4.99 Å². The highest BCUT2D eigenvalue weighted by atomic mass is 35.5. The van der Waals surface area contributed by atoms with Crippen LogP contribution in [-0.4, -0.2) is 17.1 Å². The topological polar surface area (TPSA) is 69.9 Å². The Morgan fingerprint density at radius 2 is 1.79 bits per heavy atom. The molecule has 6 rings (SSSR count). The zero-order chi connectivity index (χ0) is 30.1. The lowest BCUT2D eigenvalue weighted by molar-refractivity contribution is -0.139. The average Bonchev–Trinajstić information content (AvgIpc) is 3.30. The number of rotatable bonds is 7. The lowest BCUT2D eigenvalue weighted by Gasteiger charge is -2.25. The first-order chi connectivity index (χ1) is 20.8. The van der Waals surface area contributed by atoms with Gasteiger partial charge in [0.25, 0.3) is 5.56 Å². The third kappa shape index (κ3) is 5.76. The summed E-state index contributed by atoms with van der Waals surface area (Å²) in [4.78, 5) is 32.5. The van der Waals surface area contributed by atoms with Gasteiger partial charge in [0.1, 0.15) is 12.4 Å². The normalized spacial score (nSPS) is 14.9. The average molecular weight is 630 g/mol. The second-order valence-corrected chi connectivity index (χ2v) is 11.8. The zero-order valence-corrected chi connectivity index (χ0v) is 25.7. The van der Waals surface area contributed by atoms with E-state index in [0.29, 0.717) is 43.0 Å². The molecule has 0 aliphatic carbocycles. The zero-order valence-electron chi connectivity index (χ0n) is 23.3. The molecule has 0 fully saturated rings. The van der Waals surface area contributed by atoms with Crippen LogP contribution in [0.2, 0.25) is 10.0 Å². The predicted octanol–water partition coefficient (Wildman–Crippen LogP) is 6.84. The number of allylic oxidation sites excluding steroid dienone is 1. The van der Waals surface area contributed by atoms with Gasteiger partial charge in [0.05, 0.1) is 28.5 Å². The van der Waals surface area contributed by atoms with E-state index in [9.17, 15) is 9.59 Å². The Morgan fingerprint density at radius 1 is 1.02 bits per heavy atom. The molecule has 0 amide bonds. The first-order valence-electron chi connectivity index (χ1n) is 13.7. The van der Waals surface area contributed by atoms with Crippen molar-refractivity contribution in [3.63, 3.8) is 0 Å². The van der Waals surface area contributed by atoms with Crippen LogP contribution in [0.25, 0.3) is 16.8 Å². The Hall–Kier alpha value is -4.17. The van der Waals surface area contributed by atoms with Crippen molar-refractivity contribution in [3.05, 3.63) is 143 Å². The molecule has 0 radical (unpaired) electrons. The molecule has 6 nitrogen and oxygen atoms in total. The molecule has 9 heteroatoms. The van der Waals surface area contributed by atoms with Crippen LogP contribution in [0.4, 0.5) is 0 Å². The van der Waals surface area contributed by atoms with Crippen LogP contribution in [0, 0.1) is 0 Å². The Morgan fingerprint density at radius 3 is 2.56 bits per heavy atom. The fraction of sp³-hybridized carbons (Fsp3) is 0.147. The first kappa shape index (κ1) is 28.9. The van der Waals surface area contributed by atoms with E-state index in [0.717, 1.165) is 27.5 Å². The number of halogens is 2. The molecule has 0 N–H and O–H groups in total. The summed E-state index contributed by atoms with van der Waals surface area (Å²) in [6, 6.07) is 25.9. The number of hydrogen-bond donors (Lipinski definition) is 0. The van der Waals surface area contributed by atoms with E-state index in [1.54, 1.807) is 30.5 Å². The van der Waals surface area contributed by atoms with E-state index in [-0.39, 0.29) is 12.2 Å². The summed E-state index contributed by atoms with van der Waals surface area (Å²) in [5.74, 6) is 0.182. The van der Waals surface area contributed by atoms with Gasteiger partial charge in [0, 0.05) is 15.6 Å². The summed E-state index contributed by atoms with van der Waals surface area (Å²) < 4.78 is 13.5. The van der Waals surface area contributed by atoms with Gasteiger partial charge in [-0.05, 0) is 66.1 Å². The summed E-state index contributed by atoms with van der Waals surface area (Å²) >= 11 is 13.5. The number of ether oxygens (including phenoxy) is 2. The molecule has 0 unspecified atom stereocenters. The van der Waals surface area contributed by atoms with Gasteiger partial charge in [0.2, 0.25) is 0 Å². The quantitative estimate of drug-likeness (QED) is 0.185. The monoisotopic (exact) mass is 628 g/mol. The number of carbonyl (C=O) groups excluding carboxylic acids is 1.